The van der Waals surface area contributed by atoms with E-state index in [1.807, 2.05) is 12.1 Å². The second kappa shape index (κ2) is 4.75. The van der Waals surface area contributed by atoms with Crippen LogP contribution in [0.4, 0.5) is 0 Å². The highest BCUT2D eigenvalue weighted by Crippen LogP contribution is 2.08. The lowest BCUT2D eigenvalue weighted by molar-refractivity contribution is 0.162. The molecule has 3 heteroatoms. The molecule has 0 bridgehead atoms. The van der Waals surface area contributed by atoms with E-state index in [1.165, 1.54) is 11.1 Å². The number of nitrogens with one attached hydrogen (secondary N) is 2. The number of hydrogen-bond donors (Lipinski definition) is 3. The Bertz CT molecular complexity index is 327. The lowest BCUT2D eigenvalue weighted by Gasteiger charge is -2.16. The molecule has 0 radical (unpaired) electrons. The Morgan fingerprint density at radius 1 is 1.40 bits per heavy atom. The molecule has 82 valence electrons. The lowest BCUT2D eigenvalue weighted by atomic mass is 10.1. The number of benzene rings is 1. The Morgan fingerprint density at radius 2 is 2.20 bits per heavy atom. The van der Waals surface area contributed by atoms with Crippen LogP contribution in [0.3, 0.4) is 0 Å². The van der Waals surface area contributed by atoms with Gasteiger partial charge in [0.15, 0.2) is 0 Å². The van der Waals surface area contributed by atoms with Gasteiger partial charge in [0.1, 0.15) is 0 Å². The van der Waals surface area contributed by atoms with Crippen molar-refractivity contribution in [3.8, 4) is 0 Å². The minimum atomic E-state index is -0.256. The Labute approximate surface area is 90.5 Å². The van der Waals surface area contributed by atoms with Gasteiger partial charge in [-0.05, 0) is 18.1 Å². The van der Waals surface area contributed by atoms with Gasteiger partial charge in [0.05, 0.1) is 6.10 Å². The molecule has 1 fully saturated rings. The third-order valence-electron chi connectivity index (χ3n) is 3.00. The molecule has 2 atom stereocenters. The van der Waals surface area contributed by atoms with Crippen molar-refractivity contribution in [2.24, 2.45) is 0 Å². The first-order valence-corrected chi connectivity index (χ1v) is 5.44. The molecular formula is C12H18N2O. The summed E-state index contributed by atoms with van der Waals surface area (Å²) in [4.78, 5) is 0. The molecule has 1 heterocycles. The van der Waals surface area contributed by atoms with E-state index >= 15 is 0 Å². The Hall–Kier alpha value is -0.900. The minimum Gasteiger partial charge on any atom is -0.390 e. The summed E-state index contributed by atoms with van der Waals surface area (Å²) >= 11 is 0. The zero-order valence-corrected chi connectivity index (χ0v) is 9.03. The molecular weight excluding hydrogens is 188 g/mol. The van der Waals surface area contributed by atoms with Crippen LogP contribution in [0.5, 0.6) is 0 Å². The molecule has 1 aromatic rings. The summed E-state index contributed by atoms with van der Waals surface area (Å²) in [7, 11) is 0. The average molecular weight is 206 g/mol. The van der Waals surface area contributed by atoms with E-state index in [4.69, 9.17) is 0 Å². The van der Waals surface area contributed by atoms with Gasteiger partial charge in [-0.25, -0.2) is 0 Å². The van der Waals surface area contributed by atoms with Crippen molar-refractivity contribution in [1.82, 2.24) is 10.6 Å². The van der Waals surface area contributed by atoms with Crippen LogP contribution in [0.1, 0.15) is 11.1 Å². The Morgan fingerprint density at radius 3 is 2.87 bits per heavy atom. The smallest absolute Gasteiger partial charge is 0.0829 e. The average Bonchev–Trinajstić information content (AvgIpc) is 2.63. The normalized spacial score (nSPS) is 25.7. The second-order valence-electron chi connectivity index (χ2n) is 4.14. The summed E-state index contributed by atoms with van der Waals surface area (Å²) in [6.45, 7) is 4.49. The Kier molecular flexibility index (Phi) is 3.36. The van der Waals surface area contributed by atoms with Crippen molar-refractivity contribution in [2.75, 3.05) is 13.1 Å². The highest BCUT2D eigenvalue weighted by molar-refractivity contribution is 5.25. The van der Waals surface area contributed by atoms with Crippen LogP contribution < -0.4 is 10.6 Å². The fraction of sp³-hybridized carbons (Fsp3) is 0.500. The molecule has 0 saturated carbocycles. The maximum absolute atomic E-state index is 9.61. The number of β-amino-alcohol motifs (C(OH)–C–C–N with tert-alkyl or cyclic N) is 1. The van der Waals surface area contributed by atoms with Crippen LogP contribution in [0, 0.1) is 6.92 Å². The lowest BCUT2D eigenvalue weighted by Crippen LogP contribution is -2.38. The van der Waals surface area contributed by atoms with E-state index < -0.39 is 0 Å². The van der Waals surface area contributed by atoms with Crippen LogP contribution in [-0.4, -0.2) is 30.3 Å². The molecule has 1 saturated heterocycles. The zero-order valence-electron chi connectivity index (χ0n) is 9.03. The molecule has 3 N–H and O–H groups in total. The van der Waals surface area contributed by atoms with Gasteiger partial charge in [0.2, 0.25) is 0 Å². The third kappa shape index (κ3) is 2.56. The first-order chi connectivity index (χ1) is 7.27. The van der Waals surface area contributed by atoms with E-state index in [-0.39, 0.29) is 12.1 Å². The van der Waals surface area contributed by atoms with Gasteiger partial charge in [-0.2, -0.15) is 0 Å². The first-order valence-electron chi connectivity index (χ1n) is 5.44. The van der Waals surface area contributed by atoms with Gasteiger partial charge < -0.3 is 15.7 Å². The van der Waals surface area contributed by atoms with Crippen molar-refractivity contribution in [3.63, 3.8) is 0 Å². The highest BCUT2D eigenvalue weighted by Gasteiger charge is 2.23. The zero-order chi connectivity index (χ0) is 10.7. The summed E-state index contributed by atoms with van der Waals surface area (Å²) in [5, 5.41) is 16.1. The van der Waals surface area contributed by atoms with Crippen molar-refractivity contribution in [2.45, 2.75) is 25.6 Å². The van der Waals surface area contributed by atoms with Gasteiger partial charge >= 0.3 is 0 Å². The van der Waals surface area contributed by atoms with E-state index in [1.54, 1.807) is 0 Å². The van der Waals surface area contributed by atoms with Crippen molar-refractivity contribution >= 4 is 0 Å². The summed E-state index contributed by atoms with van der Waals surface area (Å²) < 4.78 is 0. The van der Waals surface area contributed by atoms with Gasteiger partial charge in [-0.15, -0.1) is 0 Å². The van der Waals surface area contributed by atoms with Gasteiger partial charge in [0, 0.05) is 25.7 Å². The molecule has 1 aliphatic heterocycles. The summed E-state index contributed by atoms with van der Waals surface area (Å²) in [6.07, 6.45) is -0.256. The first kappa shape index (κ1) is 10.6. The second-order valence-corrected chi connectivity index (χ2v) is 4.14. The van der Waals surface area contributed by atoms with Gasteiger partial charge in [-0.3, -0.25) is 0 Å². The summed E-state index contributed by atoms with van der Waals surface area (Å²) in [6, 6.07) is 8.51. The molecule has 1 aliphatic rings. The predicted octanol–water partition coefficient (Wildman–Crippen LogP) is 0.417. The molecule has 1 aromatic carbocycles. The van der Waals surface area contributed by atoms with Crippen LogP contribution in [0.15, 0.2) is 24.3 Å². The number of hydrogen-bond acceptors (Lipinski definition) is 3. The fourth-order valence-electron chi connectivity index (χ4n) is 1.92. The van der Waals surface area contributed by atoms with Crippen molar-refractivity contribution < 1.29 is 5.11 Å². The monoisotopic (exact) mass is 206 g/mol. The highest BCUT2D eigenvalue weighted by atomic mass is 16.3. The molecule has 0 aliphatic carbocycles. The van der Waals surface area contributed by atoms with E-state index in [0.717, 1.165) is 13.1 Å². The Balaban J connectivity index is 1.90. The van der Waals surface area contributed by atoms with E-state index in [2.05, 4.69) is 29.7 Å². The quantitative estimate of drug-likeness (QED) is 0.671. The standard InChI is InChI=1S/C12H18N2O/c1-9-4-2-3-5-10(9)6-14-11-7-13-8-12(11)15/h2-5,11-15H,6-8H2,1H3/t11-,12-/m1/s1. The van der Waals surface area contributed by atoms with Crippen LogP contribution in [-0.2, 0) is 6.54 Å². The molecule has 15 heavy (non-hydrogen) atoms. The van der Waals surface area contributed by atoms with Gasteiger partial charge in [-0.1, -0.05) is 24.3 Å². The van der Waals surface area contributed by atoms with Crippen molar-refractivity contribution in [3.05, 3.63) is 35.4 Å². The van der Waals surface area contributed by atoms with E-state index in [9.17, 15) is 5.11 Å². The molecule has 3 nitrogen and oxygen atoms in total. The summed E-state index contributed by atoms with van der Waals surface area (Å²) in [5.41, 5.74) is 2.60. The molecule has 2 rings (SSSR count). The topological polar surface area (TPSA) is 44.3 Å². The summed E-state index contributed by atoms with van der Waals surface area (Å²) in [5.74, 6) is 0. The number of aliphatic hydroxyl groups is 1. The van der Waals surface area contributed by atoms with Crippen LogP contribution >= 0.6 is 0 Å². The maximum atomic E-state index is 9.61. The predicted molar refractivity (Wildman–Crippen MR) is 60.7 cm³/mol. The number of rotatable bonds is 3. The fourth-order valence-corrected chi connectivity index (χ4v) is 1.92. The van der Waals surface area contributed by atoms with Gasteiger partial charge in [0.25, 0.3) is 0 Å². The third-order valence-corrected chi connectivity index (χ3v) is 3.00. The largest absolute Gasteiger partial charge is 0.390 e. The SMILES string of the molecule is Cc1ccccc1CN[C@@H]1CNC[C@H]1O. The molecule has 0 aromatic heterocycles. The van der Waals surface area contributed by atoms with Crippen LogP contribution in [0.2, 0.25) is 0 Å². The molecule has 0 amide bonds. The van der Waals surface area contributed by atoms with Crippen LogP contribution in [0.25, 0.3) is 0 Å². The maximum Gasteiger partial charge on any atom is 0.0829 e. The van der Waals surface area contributed by atoms with E-state index in [0.29, 0.717) is 6.54 Å². The molecule has 0 unspecified atom stereocenters. The number of aliphatic hydroxyl groups excluding tert-OH is 1. The van der Waals surface area contributed by atoms with Crippen molar-refractivity contribution in [1.29, 1.82) is 0 Å². The minimum absolute atomic E-state index is 0.185. The number of aryl methyl sites for hydroxylation is 1. The molecule has 0 spiro atoms.